The zero-order chi connectivity index (χ0) is 7.61. The van der Waals surface area contributed by atoms with Crippen LogP contribution in [0, 0.1) is 11.3 Å². The van der Waals surface area contributed by atoms with E-state index < -0.39 is 0 Å². The Kier molecular flexibility index (Phi) is 2.35. The van der Waals surface area contributed by atoms with E-state index in [0.717, 1.165) is 5.92 Å². The molecule has 1 N–H and O–H groups in total. The van der Waals surface area contributed by atoms with Gasteiger partial charge in [0.05, 0.1) is 0 Å². The summed E-state index contributed by atoms with van der Waals surface area (Å²) in [6.07, 6.45) is 2.76. The molecule has 0 aromatic carbocycles. The van der Waals surface area contributed by atoms with Crippen LogP contribution in [0.15, 0.2) is 0 Å². The highest BCUT2D eigenvalue weighted by Crippen LogP contribution is 2.33. The maximum absolute atomic E-state index is 3.46. The van der Waals surface area contributed by atoms with Crippen molar-refractivity contribution in [2.45, 2.75) is 33.6 Å². The van der Waals surface area contributed by atoms with Crippen LogP contribution >= 0.6 is 0 Å². The van der Waals surface area contributed by atoms with E-state index in [1.807, 2.05) is 0 Å². The van der Waals surface area contributed by atoms with Crippen molar-refractivity contribution in [1.82, 2.24) is 5.32 Å². The molecule has 0 saturated carbocycles. The molecule has 0 bridgehead atoms. The molecule has 0 aliphatic carbocycles. The molecule has 1 saturated heterocycles. The highest BCUT2D eigenvalue weighted by Gasteiger charge is 2.29. The van der Waals surface area contributed by atoms with Gasteiger partial charge in [-0.15, -0.1) is 0 Å². The van der Waals surface area contributed by atoms with Crippen LogP contribution in [0.4, 0.5) is 0 Å². The van der Waals surface area contributed by atoms with Crippen LogP contribution in [0.5, 0.6) is 0 Å². The molecule has 0 amide bonds. The maximum atomic E-state index is 3.46. The topological polar surface area (TPSA) is 12.0 Å². The van der Waals surface area contributed by atoms with Crippen molar-refractivity contribution >= 4 is 0 Å². The highest BCUT2D eigenvalue weighted by molar-refractivity contribution is 4.83. The Morgan fingerprint density at radius 2 is 2.10 bits per heavy atom. The van der Waals surface area contributed by atoms with E-state index in [0.29, 0.717) is 5.41 Å². The van der Waals surface area contributed by atoms with E-state index >= 15 is 0 Å². The van der Waals surface area contributed by atoms with Crippen molar-refractivity contribution < 1.29 is 0 Å². The summed E-state index contributed by atoms with van der Waals surface area (Å²) in [6, 6.07) is 0. The molecule has 1 nitrogen and oxygen atoms in total. The largest absolute Gasteiger partial charge is 0.316 e. The lowest BCUT2D eigenvalue weighted by atomic mass is 9.74. The number of piperidine rings is 1. The maximum Gasteiger partial charge on any atom is 0.000762 e. The standard InChI is InChI=1S/C9H19N/c1-8(2)9(3)5-4-6-10-7-9/h8,10H,4-7H2,1-3H3. The number of rotatable bonds is 1. The molecule has 10 heavy (non-hydrogen) atoms. The van der Waals surface area contributed by atoms with Crippen LogP contribution in [-0.2, 0) is 0 Å². The molecular formula is C9H19N. The van der Waals surface area contributed by atoms with Gasteiger partial charge >= 0.3 is 0 Å². The minimum absolute atomic E-state index is 0.568. The van der Waals surface area contributed by atoms with Gasteiger partial charge in [0.2, 0.25) is 0 Å². The van der Waals surface area contributed by atoms with E-state index in [1.54, 1.807) is 0 Å². The summed E-state index contributed by atoms with van der Waals surface area (Å²) in [5.41, 5.74) is 0.568. The van der Waals surface area contributed by atoms with Crippen LogP contribution in [0.1, 0.15) is 33.6 Å². The molecule has 1 unspecified atom stereocenters. The molecule has 0 aromatic heterocycles. The molecular weight excluding hydrogens is 122 g/mol. The average Bonchev–Trinajstić information content (AvgIpc) is 1.89. The molecule has 0 aromatic rings. The first kappa shape index (κ1) is 8.06. The van der Waals surface area contributed by atoms with Gasteiger partial charge in [0.25, 0.3) is 0 Å². The molecule has 1 heteroatoms. The van der Waals surface area contributed by atoms with Gasteiger partial charge in [0, 0.05) is 6.54 Å². The SMILES string of the molecule is CC(C)C1(C)CCCNC1. The van der Waals surface area contributed by atoms with Crippen LogP contribution in [0.2, 0.25) is 0 Å². The van der Waals surface area contributed by atoms with Gasteiger partial charge < -0.3 is 5.32 Å². The lowest BCUT2D eigenvalue weighted by Gasteiger charge is -2.37. The highest BCUT2D eigenvalue weighted by atomic mass is 14.9. The first-order valence-corrected chi connectivity index (χ1v) is 4.36. The number of nitrogens with one attached hydrogen (secondary N) is 1. The van der Waals surface area contributed by atoms with Crippen LogP contribution < -0.4 is 5.32 Å². The van der Waals surface area contributed by atoms with Crippen molar-refractivity contribution in [3.8, 4) is 0 Å². The second-order valence-corrected chi connectivity index (χ2v) is 4.09. The van der Waals surface area contributed by atoms with Gasteiger partial charge in [0.15, 0.2) is 0 Å². The fourth-order valence-corrected chi connectivity index (χ4v) is 1.57. The van der Waals surface area contributed by atoms with Crippen molar-refractivity contribution in [1.29, 1.82) is 0 Å². The first-order valence-electron chi connectivity index (χ1n) is 4.36. The molecule has 0 radical (unpaired) electrons. The molecule has 1 aliphatic heterocycles. The van der Waals surface area contributed by atoms with Crippen molar-refractivity contribution in [3.05, 3.63) is 0 Å². The minimum Gasteiger partial charge on any atom is -0.316 e. The Morgan fingerprint density at radius 1 is 1.40 bits per heavy atom. The zero-order valence-corrected chi connectivity index (χ0v) is 7.41. The Balaban J connectivity index is 2.48. The number of hydrogen-bond acceptors (Lipinski definition) is 1. The summed E-state index contributed by atoms with van der Waals surface area (Å²) in [5, 5.41) is 3.46. The van der Waals surface area contributed by atoms with Crippen molar-refractivity contribution in [2.24, 2.45) is 11.3 Å². The molecule has 1 heterocycles. The summed E-state index contributed by atoms with van der Waals surface area (Å²) in [5.74, 6) is 0.820. The summed E-state index contributed by atoms with van der Waals surface area (Å²) in [6.45, 7) is 9.48. The minimum atomic E-state index is 0.568. The van der Waals surface area contributed by atoms with E-state index in [4.69, 9.17) is 0 Å². The van der Waals surface area contributed by atoms with E-state index in [9.17, 15) is 0 Å². The summed E-state index contributed by atoms with van der Waals surface area (Å²) in [4.78, 5) is 0. The van der Waals surface area contributed by atoms with Gasteiger partial charge in [-0.3, -0.25) is 0 Å². The molecule has 1 aliphatic rings. The number of hydrogen-bond donors (Lipinski definition) is 1. The Bertz CT molecular complexity index is 101. The second kappa shape index (κ2) is 2.91. The summed E-state index contributed by atoms with van der Waals surface area (Å²) in [7, 11) is 0. The van der Waals surface area contributed by atoms with Crippen LogP contribution in [-0.4, -0.2) is 13.1 Å². The average molecular weight is 141 g/mol. The predicted octanol–water partition coefficient (Wildman–Crippen LogP) is 2.03. The first-order chi connectivity index (χ1) is 4.65. The Morgan fingerprint density at radius 3 is 2.40 bits per heavy atom. The van der Waals surface area contributed by atoms with E-state index in [1.165, 1.54) is 25.9 Å². The van der Waals surface area contributed by atoms with E-state index in [2.05, 4.69) is 26.1 Å². The van der Waals surface area contributed by atoms with Crippen molar-refractivity contribution in [2.75, 3.05) is 13.1 Å². The van der Waals surface area contributed by atoms with Gasteiger partial charge in [-0.05, 0) is 30.7 Å². The quantitative estimate of drug-likeness (QED) is 0.589. The lowest BCUT2D eigenvalue weighted by molar-refractivity contribution is 0.161. The fourth-order valence-electron chi connectivity index (χ4n) is 1.57. The zero-order valence-electron chi connectivity index (χ0n) is 7.41. The molecule has 1 fully saturated rings. The molecule has 1 atom stereocenters. The molecule has 60 valence electrons. The molecule has 0 spiro atoms. The monoisotopic (exact) mass is 141 g/mol. The van der Waals surface area contributed by atoms with Gasteiger partial charge in [-0.2, -0.15) is 0 Å². The van der Waals surface area contributed by atoms with E-state index in [-0.39, 0.29) is 0 Å². The summed E-state index contributed by atoms with van der Waals surface area (Å²) >= 11 is 0. The smallest absolute Gasteiger partial charge is 0.000762 e. The van der Waals surface area contributed by atoms with Crippen LogP contribution in [0.3, 0.4) is 0 Å². The second-order valence-electron chi connectivity index (χ2n) is 4.09. The van der Waals surface area contributed by atoms with Gasteiger partial charge in [-0.1, -0.05) is 20.8 Å². The van der Waals surface area contributed by atoms with Gasteiger partial charge in [0.1, 0.15) is 0 Å². The third-order valence-corrected chi connectivity index (χ3v) is 3.02. The normalized spacial score (nSPS) is 34.8. The Labute approximate surface area is 64.2 Å². The van der Waals surface area contributed by atoms with Crippen LogP contribution in [0.25, 0.3) is 0 Å². The predicted molar refractivity (Wildman–Crippen MR) is 45.0 cm³/mol. The van der Waals surface area contributed by atoms with Gasteiger partial charge in [-0.25, -0.2) is 0 Å². The fraction of sp³-hybridized carbons (Fsp3) is 1.00. The van der Waals surface area contributed by atoms with Crippen molar-refractivity contribution in [3.63, 3.8) is 0 Å². The third-order valence-electron chi connectivity index (χ3n) is 3.02. The third kappa shape index (κ3) is 1.51. The Hall–Kier alpha value is -0.0400. The lowest BCUT2D eigenvalue weighted by Crippen LogP contribution is -2.41. The summed E-state index contributed by atoms with van der Waals surface area (Å²) < 4.78 is 0. The molecule has 1 rings (SSSR count).